The minimum absolute atomic E-state index is 0.527. The van der Waals surface area contributed by atoms with Crippen molar-refractivity contribution in [2.75, 3.05) is 25.1 Å². The normalized spacial score (nSPS) is 12.9. The molecule has 16 heavy (non-hydrogen) atoms. The summed E-state index contributed by atoms with van der Waals surface area (Å²) in [6, 6.07) is 3.59. The molecule has 0 spiro atoms. The average molecular weight is 243 g/mol. The van der Waals surface area contributed by atoms with Crippen molar-refractivity contribution in [1.82, 2.24) is 5.32 Å². The zero-order valence-corrected chi connectivity index (χ0v) is 10.6. The zero-order chi connectivity index (χ0) is 11.6. The van der Waals surface area contributed by atoms with Gasteiger partial charge >= 0.3 is 0 Å². The van der Waals surface area contributed by atoms with Crippen molar-refractivity contribution in [2.24, 2.45) is 0 Å². The fourth-order valence-electron chi connectivity index (χ4n) is 1.49. The standard InChI is InChI=1S/C12H21NO2S/c1-16-9-4-2-3-7-13-10-11(14)12-6-5-8-15-12/h5-6,8,11,13-14H,2-4,7,9-10H2,1H3. The van der Waals surface area contributed by atoms with Gasteiger partial charge in [0.15, 0.2) is 0 Å². The van der Waals surface area contributed by atoms with E-state index in [4.69, 9.17) is 4.42 Å². The van der Waals surface area contributed by atoms with Crippen molar-refractivity contribution in [3.8, 4) is 0 Å². The third-order valence-corrected chi connectivity index (χ3v) is 3.11. The summed E-state index contributed by atoms with van der Waals surface area (Å²) in [6.07, 6.45) is 6.90. The number of aliphatic hydroxyl groups excluding tert-OH is 1. The van der Waals surface area contributed by atoms with E-state index in [1.807, 2.05) is 11.8 Å². The topological polar surface area (TPSA) is 45.4 Å². The molecule has 1 unspecified atom stereocenters. The maximum absolute atomic E-state index is 9.69. The van der Waals surface area contributed by atoms with E-state index in [1.54, 1.807) is 18.4 Å². The molecule has 92 valence electrons. The van der Waals surface area contributed by atoms with Crippen LogP contribution in [0.1, 0.15) is 31.1 Å². The highest BCUT2D eigenvalue weighted by Crippen LogP contribution is 2.11. The van der Waals surface area contributed by atoms with E-state index in [2.05, 4.69) is 11.6 Å². The third kappa shape index (κ3) is 5.58. The lowest BCUT2D eigenvalue weighted by molar-refractivity contribution is 0.147. The molecule has 1 atom stereocenters. The van der Waals surface area contributed by atoms with Crippen LogP contribution in [0.4, 0.5) is 0 Å². The lowest BCUT2D eigenvalue weighted by Gasteiger charge is -2.09. The summed E-state index contributed by atoms with van der Waals surface area (Å²) < 4.78 is 5.11. The van der Waals surface area contributed by atoms with Crippen LogP contribution in [-0.2, 0) is 0 Å². The Kier molecular flexibility index (Phi) is 7.38. The van der Waals surface area contributed by atoms with Crippen LogP contribution in [0.25, 0.3) is 0 Å². The van der Waals surface area contributed by atoms with Gasteiger partial charge in [0, 0.05) is 6.54 Å². The van der Waals surface area contributed by atoms with E-state index in [-0.39, 0.29) is 0 Å². The van der Waals surface area contributed by atoms with Crippen LogP contribution in [0.15, 0.2) is 22.8 Å². The Morgan fingerprint density at radius 3 is 3.00 bits per heavy atom. The van der Waals surface area contributed by atoms with E-state index in [0.717, 1.165) is 6.54 Å². The molecule has 0 fully saturated rings. The summed E-state index contributed by atoms with van der Waals surface area (Å²) in [7, 11) is 0. The second-order valence-corrected chi connectivity index (χ2v) is 4.77. The van der Waals surface area contributed by atoms with Crippen molar-refractivity contribution in [1.29, 1.82) is 0 Å². The molecule has 1 aromatic heterocycles. The molecule has 0 radical (unpaired) electrons. The number of unbranched alkanes of at least 4 members (excludes halogenated alkanes) is 2. The monoisotopic (exact) mass is 243 g/mol. The van der Waals surface area contributed by atoms with E-state index >= 15 is 0 Å². The molecule has 0 aliphatic heterocycles. The SMILES string of the molecule is CSCCCCCNCC(O)c1ccco1. The van der Waals surface area contributed by atoms with Crippen LogP contribution in [0.5, 0.6) is 0 Å². The molecule has 1 heterocycles. The maximum Gasteiger partial charge on any atom is 0.133 e. The Hall–Kier alpha value is -0.450. The number of rotatable bonds is 9. The highest BCUT2D eigenvalue weighted by molar-refractivity contribution is 7.98. The summed E-state index contributed by atoms with van der Waals surface area (Å²) in [4.78, 5) is 0. The second kappa shape index (κ2) is 8.67. The van der Waals surface area contributed by atoms with Gasteiger partial charge in [-0.2, -0.15) is 11.8 Å². The predicted molar refractivity (Wildman–Crippen MR) is 68.8 cm³/mol. The molecule has 0 bridgehead atoms. The van der Waals surface area contributed by atoms with Crippen molar-refractivity contribution in [3.63, 3.8) is 0 Å². The number of hydrogen-bond acceptors (Lipinski definition) is 4. The first-order valence-corrected chi connectivity index (χ1v) is 7.15. The third-order valence-electron chi connectivity index (χ3n) is 2.41. The van der Waals surface area contributed by atoms with Gasteiger partial charge in [-0.1, -0.05) is 6.42 Å². The summed E-state index contributed by atoms with van der Waals surface area (Å²) >= 11 is 1.90. The fraction of sp³-hybridized carbons (Fsp3) is 0.667. The molecule has 1 aromatic rings. The number of aliphatic hydroxyl groups is 1. The van der Waals surface area contributed by atoms with Gasteiger partial charge < -0.3 is 14.8 Å². The molecule has 0 aromatic carbocycles. The molecule has 0 saturated carbocycles. The van der Waals surface area contributed by atoms with Crippen LogP contribution in [-0.4, -0.2) is 30.2 Å². The molecule has 4 heteroatoms. The predicted octanol–water partition coefficient (Wildman–Crippen LogP) is 2.44. The molecule has 0 aliphatic rings. The quantitative estimate of drug-likeness (QED) is 0.654. The van der Waals surface area contributed by atoms with Crippen molar-refractivity contribution in [3.05, 3.63) is 24.2 Å². The maximum atomic E-state index is 9.69. The Balaban J connectivity index is 1.95. The van der Waals surface area contributed by atoms with Gasteiger partial charge in [-0.15, -0.1) is 0 Å². The Morgan fingerprint density at radius 1 is 1.44 bits per heavy atom. The van der Waals surface area contributed by atoms with Crippen LogP contribution in [0, 0.1) is 0 Å². The minimum Gasteiger partial charge on any atom is -0.467 e. The Labute approximate surface area is 102 Å². The van der Waals surface area contributed by atoms with E-state index in [9.17, 15) is 5.11 Å². The second-order valence-electron chi connectivity index (χ2n) is 3.79. The number of furan rings is 1. The van der Waals surface area contributed by atoms with Crippen molar-refractivity contribution >= 4 is 11.8 Å². The summed E-state index contributed by atoms with van der Waals surface area (Å²) in [5.74, 6) is 1.88. The van der Waals surface area contributed by atoms with Gasteiger partial charge in [0.2, 0.25) is 0 Å². The molecule has 0 saturated heterocycles. The van der Waals surface area contributed by atoms with Crippen LogP contribution >= 0.6 is 11.8 Å². The van der Waals surface area contributed by atoms with Gasteiger partial charge in [-0.25, -0.2) is 0 Å². The van der Waals surface area contributed by atoms with Crippen LogP contribution in [0.3, 0.4) is 0 Å². The van der Waals surface area contributed by atoms with Gasteiger partial charge in [0.1, 0.15) is 11.9 Å². The summed E-state index contributed by atoms with van der Waals surface area (Å²) in [5.41, 5.74) is 0. The van der Waals surface area contributed by atoms with Crippen molar-refractivity contribution < 1.29 is 9.52 Å². The first-order valence-electron chi connectivity index (χ1n) is 5.75. The van der Waals surface area contributed by atoms with E-state index < -0.39 is 6.10 Å². The molecule has 2 N–H and O–H groups in total. The Morgan fingerprint density at radius 2 is 2.31 bits per heavy atom. The minimum atomic E-state index is -0.527. The molecular weight excluding hydrogens is 222 g/mol. The summed E-state index contributed by atoms with van der Waals surface area (Å²) in [6.45, 7) is 1.53. The zero-order valence-electron chi connectivity index (χ0n) is 9.82. The molecular formula is C12H21NO2S. The Bertz CT molecular complexity index is 252. The van der Waals surface area contributed by atoms with Gasteiger partial charge in [0.25, 0.3) is 0 Å². The lowest BCUT2D eigenvalue weighted by Crippen LogP contribution is -2.22. The largest absolute Gasteiger partial charge is 0.467 e. The number of hydrogen-bond donors (Lipinski definition) is 2. The number of thioether (sulfide) groups is 1. The van der Waals surface area contributed by atoms with Gasteiger partial charge in [-0.05, 0) is 43.5 Å². The van der Waals surface area contributed by atoms with Gasteiger partial charge in [0.05, 0.1) is 6.26 Å². The fourth-order valence-corrected chi connectivity index (χ4v) is 1.99. The lowest BCUT2D eigenvalue weighted by atomic mass is 10.2. The molecule has 1 rings (SSSR count). The summed E-state index contributed by atoms with van der Waals surface area (Å²) in [5, 5.41) is 12.9. The highest BCUT2D eigenvalue weighted by atomic mass is 32.2. The number of nitrogens with one attached hydrogen (secondary N) is 1. The van der Waals surface area contributed by atoms with E-state index in [1.165, 1.54) is 25.0 Å². The van der Waals surface area contributed by atoms with Crippen LogP contribution < -0.4 is 5.32 Å². The molecule has 3 nitrogen and oxygen atoms in total. The van der Waals surface area contributed by atoms with Crippen molar-refractivity contribution in [2.45, 2.75) is 25.4 Å². The van der Waals surface area contributed by atoms with Crippen LogP contribution in [0.2, 0.25) is 0 Å². The van der Waals surface area contributed by atoms with E-state index in [0.29, 0.717) is 12.3 Å². The smallest absolute Gasteiger partial charge is 0.133 e. The first kappa shape index (κ1) is 13.6. The average Bonchev–Trinajstić information content (AvgIpc) is 2.81. The van der Waals surface area contributed by atoms with Gasteiger partial charge in [-0.3, -0.25) is 0 Å². The molecule has 0 aliphatic carbocycles. The molecule has 0 amide bonds. The highest BCUT2D eigenvalue weighted by Gasteiger charge is 2.08. The first-order chi connectivity index (χ1) is 7.84.